The summed E-state index contributed by atoms with van der Waals surface area (Å²) in [5.74, 6) is -1.16. The lowest BCUT2D eigenvalue weighted by atomic mass is 10.0. The molecular formula is C22H24ClN3O4. The molecule has 0 saturated heterocycles. The maximum Gasteiger partial charge on any atom is 0.408 e. The molecule has 0 spiro atoms. The lowest BCUT2D eigenvalue weighted by Crippen LogP contribution is -2.44. The minimum atomic E-state index is -1.19. The average molecular weight is 430 g/mol. The topological polar surface area (TPSA) is 92.9 Å². The normalized spacial score (nSPS) is 12.6. The fourth-order valence-electron chi connectivity index (χ4n) is 3.07. The summed E-state index contributed by atoms with van der Waals surface area (Å²) in [7, 11) is 0. The van der Waals surface area contributed by atoms with Crippen molar-refractivity contribution in [2.75, 3.05) is 0 Å². The molecule has 1 amide bonds. The number of pyridine rings is 1. The second-order valence-electron chi connectivity index (χ2n) is 8.09. The third-order valence-corrected chi connectivity index (χ3v) is 4.64. The Labute approximate surface area is 179 Å². The zero-order valence-corrected chi connectivity index (χ0v) is 18.0. The molecule has 2 N–H and O–H groups in total. The van der Waals surface area contributed by atoms with E-state index in [1.165, 1.54) is 0 Å². The van der Waals surface area contributed by atoms with Crippen LogP contribution in [0.5, 0.6) is 0 Å². The molecule has 0 radical (unpaired) electrons. The maximum absolute atomic E-state index is 12.2. The lowest BCUT2D eigenvalue weighted by Gasteiger charge is -2.22. The smallest absolute Gasteiger partial charge is 0.408 e. The van der Waals surface area contributed by atoms with Crippen molar-refractivity contribution >= 4 is 29.3 Å². The van der Waals surface area contributed by atoms with Crippen molar-refractivity contribution in [3.05, 3.63) is 58.9 Å². The minimum absolute atomic E-state index is 0.0246. The number of imidazole rings is 1. The third-order valence-electron chi connectivity index (χ3n) is 4.38. The van der Waals surface area contributed by atoms with Crippen LogP contribution in [0.1, 0.15) is 32.0 Å². The highest BCUT2D eigenvalue weighted by atomic mass is 35.5. The predicted octanol–water partition coefficient (Wildman–Crippen LogP) is 4.48. The van der Waals surface area contributed by atoms with E-state index < -0.39 is 23.7 Å². The highest BCUT2D eigenvalue weighted by Gasteiger charge is 2.27. The van der Waals surface area contributed by atoms with Crippen molar-refractivity contribution in [2.45, 2.75) is 45.8 Å². The summed E-state index contributed by atoms with van der Waals surface area (Å²) < 4.78 is 7.06. The average Bonchev–Trinajstić information content (AvgIpc) is 2.97. The van der Waals surface area contributed by atoms with Crippen LogP contribution in [0.15, 0.2) is 42.6 Å². The van der Waals surface area contributed by atoms with Crippen LogP contribution >= 0.6 is 11.6 Å². The summed E-state index contributed by atoms with van der Waals surface area (Å²) in [4.78, 5) is 28.8. The Morgan fingerprint density at radius 3 is 2.50 bits per heavy atom. The summed E-state index contributed by atoms with van der Waals surface area (Å²) in [6.07, 6.45) is 1.09. The predicted molar refractivity (Wildman–Crippen MR) is 115 cm³/mol. The van der Waals surface area contributed by atoms with Crippen molar-refractivity contribution in [3.8, 4) is 11.3 Å². The number of carbonyl (C=O) groups is 2. The fraction of sp³-hybridized carbons (Fsp3) is 0.318. The number of alkyl carbamates (subject to hydrolysis) is 1. The number of carboxylic acids is 1. The highest BCUT2D eigenvalue weighted by molar-refractivity contribution is 6.30. The summed E-state index contributed by atoms with van der Waals surface area (Å²) in [6, 6.07) is 9.82. The molecule has 30 heavy (non-hydrogen) atoms. The first-order chi connectivity index (χ1) is 14.0. The van der Waals surface area contributed by atoms with Crippen molar-refractivity contribution in [2.24, 2.45) is 0 Å². The van der Waals surface area contributed by atoms with E-state index >= 15 is 0 Å². The van der Waals surface area contributed by atoms with Gasteiger partial charge in [-0.15, -0.1) is 0 Å². The lowest BCUT2D eigenvalue weighted by molar-refractivity contribution is -0.139. The van der Waals surface area contributed by atoms with Gasteiger partial charge in [0, 0.05) is 23.2 Å². The number of rotatable bonds is 5. The van der Waals surface area contributed by atoms with Gasteiger partial charge in [0.05, 0.1) is 11.4 Å². The first-order valence-electron chi connectivity index (χ1n) is 9.49. The molecule has 3 rings (SSSR count). The van der Waals surface area contributed by atoms with E-state index in [0.29, 0.717) is 22.1 Å². The molecule has 0 fully saturated rings. The van der Waals surface area contributed by atoms with Crippen LogP contribution in [0.2, 0.25) is 5.02 Å². The van der Waals surface area contributed by atoms with E-state index in [2.05, 4.69) is 5.32 Å². The van der Waals surface area contributed by atoms with Crippen molar-refractivity contribution in [1.29, 1.82) is 0 Å². The summed E-state index contributed by atoms with van der Waals surface area (Å²) in [5.41, 5.74) is 3.09. The van der Waals surface area contributed by atoms with Gasteiger partial charge in [-0.1, -0.05) is 23.7 Å². The zero-order chi connectivity index (χ0) is 22.1. The largest absolute Gasteiger partial charge is 0.480 e. The van der Waals surface area contributed by atoms with Gasteiger partial charge in [0.2, 0.25) is 0 Å². The standard InChI is InChI=1S/C22H24ClN3O4/c1-13-9-10-26-17(12-16(20(27)28)24-21(29)30-22(2,3)4)19(25-18(26)11-13)14-5-7-15(23)8-6-14/h5-11,16H,12H2,1-4H3,(H,24,29)(H,27,28). The first kappa shape index (κ1) is 21.6. The van der Waals surface area contributed by atoms with E-state index in [-0.39, 0.29) is 6.42 Å². The Morgan fingerprint density at radius 1 is 1.23 bits per heavy atom. The van der Waals surface area contributed by atoms with E-state index in [0.717, 1.165) is 11.1 Å². The number of fused-ring (bicyclic) bond motifs is 1. The molecule has 158 valence electrons. The van der Waals surface area contributed by atoms with Gasteiger partial charge in [-0.05, 0) is 57.5 Å². The molecule has 3 aromatic rings. The van der Waals surface area contributed by atoms with Crippen molar-refractivity contribution in [3.63, 3.8) is 0 Å². The number of nitrogens with one attached hydrogen (secondary N) is 1. The van der Waals surface area contributed by atoms with Gasteiger partial charge in [-0.3, -0.25) is 0 Å². The number of aryl methyl sites for hydroxylation is 1. The Hall–Kier alpha value is -3.06. The number of hydrogen-bond acceptors (Lipinski definition) is 4. The number of benzene rings is 1. The number of carbonyl (C=O) groups excluding carboxylic acids is 1. The third kappa shape index (κ3) is 5.10. The Kier molecular flexibility index (Phi) is 6.03. The second-order valence-corrected chi connectivity index (χ2v) is 8.52. The molecule has 0 aliphatic rings. The monoisotopic (exact) mass is 429 g/mol. The van der Waals surface area contributed by atoms with Gasteiger partial charge >= 0.3 is 12.1 Å². The first-order valence-corrected chi connectivity index (χ1v) is 9.87. The van der Waals surface area contributed by atoms with Crippen molar-refractivity contribution in [1.82, 2.24) is 14.7 Å². The summed E-state index contributed by atoms with van der Waals surface area (Å²) in [5, 5.41) is 12.8. The molecular weight excluding hydrogens is 406 g/mol. The molecule has 1 unspecified atom stereocenters. The number of aromatic nitrogens is 2. The molecule has 0 aliphatic heterocycles. The molecule has 7 nitrogen and oxygen atoms in total. The van der Waals surface area contributed by atoms with Crippen LogP contribution in [-0.2, 0) is 16.0 Å². The number of amides is 1. The molecule has 0 saturated carbocycles. The van der Waals surface area contributed by atoms with E-state index in [4.69, 9.17) is 21.3 Å². The van der Waals surface area contributed by atoms with Gasteiger partial charge in [0.1, 0.15) is 17.3 Å². The van der Waals surface area contributed by atoms with Crippen LogP contribution in [0.4, 0.5) is 4.79 Å². The Balaban J connectivity index is 2.01. The Bertz CT molecular complexity index is 1080. The van der Waals surface area contributed by atoms with Gasteiger partial charge in [-0.25, -0.2) is 14.6 Å². The van der Waals surface area contributed by atoms with Crippen LogP contribution in [0, 0.1) is 6.92 Å². The van der Waals surface area contributed by atoms with Crippen LogP contribution in [0.25, 0.3) is 16.9 Å². The van der Waals surface area contributed by atoms with Gasteiger partial charge in [0.25, 0.3) is 0 Å². The molecule has 0 aliphatic carbocycles. The van der Waals surface area contributed by atoms with Gasteiger partial charge in [0.15, 0.2) is 0 Å². The van der Waals surface area contributed by atoms with Crippen molar-refractivity contribution < 1.29 is 19.4 Å². The highest BCUT2D eigenvalue weighted by Crippen LogP contribution is 2.27. The zero-order valence-electron chi connectivity index (χ0n) is 17.3. The molecule has 2 heterocycles. The quantitative estimate of drug-likeness (QED) is 0.623. The number of carboxylic acid groups (broad SMARTS) is 1. The fourth-order valence-corrected chi connectivity index (χ4v) is 3.20. The van der Waals surface area contributed by atoms with Crippen LogP contribution in [0.3, 0.4) is 0 Å². The molecule has 1 aromatic carbocycles. The summed E-state index contributed by atoms with van der Waals surface area (Å²) in [6.45, 7) is 7.11. The number of ether oxygens (including phenoxy) is 1. The van der Waals surface area contributed by atoms with E-state index in [1.807, 2.05) is 41.8 Å². The molecule has 2 aromatic heterocycles. The van der Waals surface area contributed by atoms with Gasteiger partial charge < -0.3 is 19.6 Å². The molecule has 1 atom stereocenters. The van der Waals surface area contributed by atoms with Crippen LogP contribution < -0.4 is 5.32 Å². The van der Waals surface area contributed by atoms with Crippen LogP contribution in [-0.4, -0.2) is 38.2 Å². The van der Waals surface area contributed by atoms with E-state index in [9.17, 15) is 14.7 Å². The number of halogens is 1. The number of hydrogen-bond donors (Lipinski definition) is 2. The number of aliphatic carboxylic acids is 1. The molecule has 0 bridgehead atoms. The molecule has 8 heteroatoms. The SMILES string of the molecule is Cc1ccn2c(CC(NC(=O)OC(C)(C)C)C(=O)O)c(-c3ccc(Cl)cc3)nc2c1. The second kappa shape index (κ2) is 8.36. The Morgan fingerprint density at radius 2 is 1.90 bits per heavy atom. The van der Waals surface area contributed by atoms with E-state index in [1.54, 1.807) is 32.9 Å². The van der Waals surface area contributed by atoms with Gasteiger partial charge in [-0.2, -0.15) is 0 Å². The minimum Gasteiger partial charge on any atom is -0.480 e. The maximum atomic E-state index is 12.2. The summed E-state index contributed by atoms with van der Waals surface area (Å²) >= 11 is 6.01. The number of nitrogens with zero attached hydrogens (tertiary/aromatic N) is 2.